The van der Waals surface area contributed by atoms with Gasteiger partial charge in [0.15, 0.2) is 0 Å². The van der Waals surface area contributed by atoms with Crippen LogP contribution >= 0.6 is 0 Å². The van der Waals surface area contributed by atoms with Crippen LogP contribution in [0.3, 0.4) is 0 Å². The summed E-state index contributed by atoms with van der Waals surface area (Å²) in [6.45, 7) is 1.75. The lowest BCUT2D eigenvalue weighted by Crippen LogP contribution is -2.29. The molecule has 0 radical (unpaired) electrons. The van der Waals surface area contributed by atoms with E-state index in [1.165, 1.54) is 13.0 Å². The highest BCUT2D eigenvalue weighted by Gasteiger charge is 2.47. The molecule has 1 aliphatic carbocycles. The number of carbonyl (C=O) groups is 3. The van der Waals surface area contributed by atoms with Crippen molar-refractivity contribution in [3.8, 4) is 0 Å². The predicted molar refractivity (Wildman–Crippen MR) is 104 cm³/mol. The Bertz CT molecular complexity index is 883. The zero-order valence-electron chi connectivity index (χ0n) is 15.5. The first-order chi connectivity index (χ1) is 13.4. The molecule has 3 amide bonds. The molecule has 0 aliphatic heterocycles. The molecule has 2 unspecified atom stereocenters. The minimum atomic E-state index is -0.358. The van der Waals surface area contributed by atoms with Gasteiger partial charge in [-0.3, -0.25) is 14.4 Å². The molecule has 0 aromatic heterocycles. The van der Waals surface area contributed by atoms with Crippen LogP contribution in [0.2, 0.25) is 0 Å². The SMILES string of the molecule is CC(=O)Nc1ccc(NC(=O)C2CC2C(=O)NCCc2ccccc2F)cc1. The highest BCUT2D eigenvalue weighted by atomic mass is 19.1. The maximum atomic E-state index is 13.6. The Kier molecular flexibility index (Phi) is 6.03. The molecule has 0 saturated heterocycles. The van der Waals surface area contributed by atoms with Crippen molar-refractivity contribution in [1.82, 2.24) is 5.32 Å². The van der Waals surface area contributed by atoms with Crippen LogP contribution in [0.25, 0.3) is 0 Å². The third kappa shape index (κ3) is 5.16. The fourth-order valence-corrected chi connectivity index (χ4v) is 3.00. The van der Waals surface area contributed by atoms with Crippen LogP contribution in [0, 0.1) is 17.7 Å². The summed E-state index contributed by atoms with van der Waals surface area (Å²) in [6.07, 6.45) is 0.907. The molecular formula is C21H22FN3O3. The van der Waals surface area contributed by atoms with Gasteiger partial charge in [-0.2, -0.15) is 0 Å². The van der Waals surface area contributed by atoms with Crippen LogP contribution in [0.15, 0.2) is 48.5 Å². The van der Waals surface area contributed by atoms with Crippen molar-refractivity contribution in [2.24, 2.45) is 11.8 Å². The predicted octanol–water partition coefficient (Wildman–Crippen LogP) is 2.72. The highest BCUT2D eigenvalue weighted by Crippen LogP contribution is 2.39. The summed E-state index contributed by atoms with van der Waals surface area (Å²) in [7, 11) is 0. The number of nitrogens with one attached hydrogen (secondary N) is 3. The summed E-state index contributed by atoms with van der Waals surface area (Å²) in [5, 5.41) is 8.20. The zero-order valence-corrected chi connectivity index (χ0v) is 15.5. The molecule has 146 valence electrons. The van der Waals surface area contributed by atoms with Gasteiger partial charge in [0.2, 0.25) is 17.7 Å². The molecule has 2 atom stereocenters. The topological polar surface area (TPSA) is 87.3 Å². The van der Waals surface area contributed by atoms with Gasteiger partial charge < -0.3 is 16.0 Å². The second-order valence-electron chi connectivity index (χ2n) is 6.83. The molecule has 3 N–H and O–H groups in total. The highest BCUT2D eigenvalue weighted by molar-refractivity contribution is 5.99. The Morgan fingerprint density at radius 2 is 1.54 bits per heavy atom. The van der Waals surface area contributed by atoms with Crippen LogP contribution < -0.4 is 16.0 Å². The smallest absolute Gasteiger partial charge is 0.228 e. The number of amides is 3. The number of anilines is 2. The fourth-order valence-electron chi connectivity index (χ4n) is 3.00. The monoisotopic (exact) mass is 383 g/mol. The number of carbonyl (C=O) groups excluding carboxylic acids is 3. The molecule has 28 heavy (non-hydrogen) atoms. The molecule has 0 heterocycles. The maximum absolute atomic E-state index is 13.6. The third-order valence-electron chi connectivity index (χ3n) is 4.59. The molecule has 2 aromatic rings. The van der Waals surface area contributed by atoms with Crippen molar-refractivity contribution in [2.45, 2.75) is 19.8 Å². The number of rotatable bonds is 7. The van der Waals surface area contributed by atoms with E-state index >= 15 is 0 Å². The molecule has 2 aromatic carbocycles. The summed E-state index contributed by atoms with van der Waals surface area (Å²) in [5.74, 6) is -1.55. The molecule has 6 nitrogen and oxygen atoms in total. The summed E-state index contributed by atoms with van der Waals surface area (Å²) in [6, 6.07) is 13.2. The average Bonchev–Trinajstić information content (AvgIpc) is 3.45. The number of hydrogen-bond donors (Lipinski definition) is 3. The molecular weight excluding hydrogens is 361 g/mol. The van der Waals surface area contributed by atoms with Crippen molar-refractivity contribution in [3.63, 3.8) is 0 Å². The molecule has 3 rings (SSSR count). The van der Waals surface area contributed by atoms with Gasteiger partial charge in [0, 0.05) is 24.8 Å². The zero-order chi connectivity index (χ0) is 20.1. The average molecular weight is 383 g/mol. The second kappa shape index (κ2) is 8.65. The Morgan fingerprint density at radius 1 is 0.929 bits per heavy atom. The van der Waals surface area contributed by atoms with E-state index in [9.17, 15) is 18.8 Å². The van der Waals surface area contributed by atoms with E-state index in [2.05, 4.69) is 16.0 Å². The Morgan fingerprint density at radius 3 is 2.18 bits per heavy atom. The summed E-state index contributed by atoms with van der Waals surface area (Å²) in [4.78, 5) is 35.5. The quantitative estimate of drug-likeness (QED) is 0.687. The van der Waals surface area contributed by atoms with Crippen molar-refractivity contribution in [3.05, 3.63) is 59.9 Å². The van der Waals surface area contributed by atoms with Crippen molar-refractivity contribution >= 4 is 29.1 Å². The van der Waals surface area contributed by atoms with Gasteiger partial charge in [-0.25, -0.2) is 4.39 Å². The van der Waals surface area contributed by atoms with E-state index in [4.69, 9.17) is 0 Å². The number of benzene rings is 2. The van der Waals surface area contributed by atoms with E-state index in [0.29, 0.717) is 36.3 Å². The normalized spacial score (nSPS) is 17.5. The Hall–Kier alpha value is -3.22. The first-order valence-corrected chi connectivity index (χ1v) is 9.13. The molecule has 1 saturated carbocycles. The van der Waals surface area contributed by atoms with E-state index in [1.807, 2.05) is 0 Å². The van der Waals surface area contributed by atoms with Gasteiger partial charge in [-0.1, -0.05) is 18.2 Å². The van der Waals surface area contributed by atoms with Crippen molar-refractivity contribution < 1.29 is 18.8 Å². The lowest BCUT2D eigenvalue weighted by molar-refractivity contribution is -0.125. The lowest BCUT2D eigenvalue weighted by atomic mass is 10.1. The molecule has 0 spiro atoms. The lowest BCUT2D eigenvalue weighted by Gasteiger charge is -2.08. The first kappa shape index (κ1) is 19.5. The van der Waals surface area contributed by atoms with Gasteiger partial charge >= 0.3 is 0 Å². The van der Waals surface area contributed by atoms with Crippen LogP contribution in [0.1, 0.15) is 18.9 Å². The van der Waals surface area contributed by atoms with Crippen LogP contribution in [0.4, 0.5) is 15.8 Å². The minimum Gasteiger partial charge on any atom is -0.356 e. The first-order valence-electron chi connectivity index (χ1n) is 9.13. The summed E-state index contributed by atoms with van der Waals surface area (Å²) >= 11 is 0. The maximum Gasteiger partial charge on any atom is 0.228 e. The Balaban J connectivity index is 1.42. The largest absolute Gasteiger partial charge is 0.356 e. The van der Waals surface area contributed by atoms with Crippen molar-refractivity contribution in [2.75, 3.05) is 17.2 Å². The van der Waals surface area contributed by atoms with Crippen LogP contribution in [-0.4, -0.2) is 24.3 Å². The van der Waals surface area contributed by atoms with E-state index in [1.54, 1.807) is 42.5 Å². The number of halogens is 1. The number of hydrogen-bond acceptors (Lipinski definition) is 3. The van der Waals surface area contributed by atoms with Crippen molar-refractivity contribution in [1.29, 1.82) is 0 Å². The fraction of sp³-hybridized carbons (Fsp3) is 0.286. The van der Waals surface area contributed by atoms with Gasteiger partial charge in [-0.15, -0.1) is 0 Å². The molecule has 1 aliphatic rings. The van der Waals surface area contributed by atoms with E-state index in [-0.39, 0.29) is 35.4 Å². The Labute approximate surface area is 162 Å². The van der Waals surface area contributed by atoms with Crippen LogP contribution in [-0.2, 0) is 20.8 Å². The van der Waals surface area contributed by atoms with Gasteiger partial charge in [0.25, 0.3) is 0 Å². The molecule has 1 fully saturated rings. The van der Waals surface area contributed by atoms with E-state index in [0.717, 1.165) is 0 Å². The summed E-state index contributed by atoms with van der Waals surface area (Å²) in [5.41, 5.74) is 1.80. The van der Waals surface area contributed by atoms with Gasteiger partial charge in [0.1, 0.15) is 5.82 Å². The second-order valence-corrected chi connectivity index (χ2v) is 6.83. The molecule has 0 bridgehead atoms. The van der Waals surface area contributed by atoms with Crippen LogP contribution in [0.5, 0.6) is 0 Å². The minimum absolute atomic E-state index is 0.168. The van der Waals surface area contributed by atoms with Gasteiger partial charge in [-0.05, 0) is 48.7 Å². The summed E-state index contributed by atoms with van der Waals surface area (Å²) < 4.78 is 13.6. The molecule has 7 heteroatoms. The third-order valence-corrected chi connectivity index (χ3v) is 4.59. The van der Waals surface area contributed by atoms with E-state index < -0.39 is 0 Å². The standard InChI is InChI=1S/C21H22FN3O3/c1-13(26)24-15-6-8-16(9-7-15)25-21(28)18-12-17(18)20(27)23-11-10-14-4-2-3-5-19(14)22/h2-9,17-18H,10-12H2,1H3,(H,23,27)(H,24,26)(H,25,28). The van der Waals surface area contributed by atoms with Gasteiger partial charge in [0.05, 0.1) is 11.8 Å².